The van der Waals surface area contributed by atoms with Gasteiger partial charge in [0.1, 0.15) is 4.88 Å². The lowest BCUT2D eigenvalue weighted by molar-refractivity contribution is -0.326. The van der Waals surface area contributed by atoms with E-state index < -0.39 is 59.1 Å². The number of aliphatic hydroxyl groups is 1. The highest BCUT2D eigenvalue weighted by Gasteiger charge is 2.36. The van der Waals surface area contributed by atoms with Gasteiger partial charge in [-0.3, -0.25) is 14.4 Å². The van der Waals surface area contributed by atoms with Gasteiger partial charge in [0, 0.05) is 26.2 Å². The zero-order valence-corrected chi connectivity index (χ0v) is 25.4. The van der Waals surface area contributed by atoms with Crippen molar-refractivity contribution in [2.45, 2.75) is 43.0 Å². The molecule has 4 rings (SSSR count). The Morgan fingerprint density at radius 2 is 1.76 bits per heavy atom. The number of benzene rings is 2. The Bertz CT molecular complexity index is 1550. The Kier molecular flexibility index (Phi) is 10.8. The molecule has 0 bridgehead atoms. The summed E-state index contributed by atoms with van der Waals surface area (Å²) in [6.07, 6.45) is -8.12. The lowest BCUT2D eigenvalue weighted by atomic mass is 10.1. The summed E-state index contributed by atoms with van der Waals surface area (Å²) in [5, 5.41) is 12.8. The third kappa shape index (κ3) is 9.16. The first-order valence-corrected chi connectivity index (χ1v) is 16.1. The molecule has 1 amide bonds. The molecule has 246 valence electrons. The monoisotopic (exact) mass is 680 g/mol. The van der Waals surface area contributed by atoms with Crippen LogP contribution in [0.5, 0.6) is 0 Å². The topological polar surface area (TPSA) is 112 Å². The SMILES string of the molecule is CCS(=O)(=O)c1ccc([C@H](CO)NC(=O)c2cnc(N3CCN(Cc4ccc(C(F)(F)F)cc4)C[C@H]3COC(F)(F)F)s2)cc1. The average Bonchev–Trinajstić information content (AvgIpc) is 3.49. The summed E-state index contributed by atoms with van der Waals surface area (Å²) in [6, 6.07) is 8.56. The molecule has 1 aromatic heterocycles. The van der Waals surface area contributed by atoms with Crippen molar-refractivity contribution in [3.63, 3.8) is 0 Å². The summed E-state index contributed by atoms with van der Waals surface area (Å²) in [4.78, 5) is 20.9. The van der Waals surface area contributed by atoms with Gasteiger partial charge in [-0.2, -0.15) is 13.2 Å². The number of amides is 1. The average molecular weight is 681 g/mol. The van der Waals surface area contributed by atoms with Crippen LogP contribution in [0, 0.1) is 0 Å². The van der Waals surface area contributed by atoms with E-state index in [-0.39, 0.29) is 40.3 Å². The molecule has 2 aromatic carbocycles. The van der Waals surface area contributed by atoms with Gasteiger partial charge in [0.25, 0.3) is 5.91 Å². The quantitative estimate of drug-likeness (QED) is 0.282. The summed E-state index contributed by atoms with van der Waals surface area (Å²) < 4.78 is 106. The number of anilines is 1. The first-order valence-electron chi connectivity index (χ1n) is 13.7. The maximum atomic E-state index is 13.0. The van der Waals surface area contributed by atoms with Gasteiger partial charge in [-0.05, 0) is 35.4 Å². The van der Waals surface area contributed by atoms with Crippen LogP contribution >= 0.6 is 11.3 Å². The maximum Gasteiger partial charge on any atom is 0.522 e. The van der Waals surface area contributed by atoms with E-state index in [9.17, 15) is 44.7 Å². The number of ether oxygens (including phenoxy) is 1. The van der Waals surface area contributed by atoms with Crippen LogP contribution in [0.15, 0.2) is 59.6 Å². The number of carbonyl (C=O) groups excluding carboxylic acids is 1. The highest BCUT2D eigenvalue weighted by molar-refractivity contribution is 7.91. The van der Waals surface area contributed by atoms with Gasteiger partial charge in [0.15, 0.2) is 15.0 Å². The van der Waals surface area contributed by atoms with E-state index in [1.165, 1.54) is 49.5 Å². The van der Waals surface area contributed by atoms with Crippen molar-refractivity contribution in [3.05, 3.63) is 76.3 Å². The Balaban J connectivity index is 1.45. The Hall–Kier alpha value is -3.25. The molecule has 1 aliphatic rings. The Labute approximate surface area is 259 Å². The molecule has 3 aromatic rings. The normalized spacial score (nSPS) is 17.3. The number of nitrogens with zero attached hydrogens (tertiary/aromatic N) is 3. The number of aliphatic hydroxyl groups excluding tert-OH is 1. The third-order valence-electron chi connectivity index (χ3n) is 7.17. The second-order valence-corrected chi connectivity index (χ2v) is 13.5. The van der Waals surface area contributed by atoms with Crippen LogP contribution in [0.25, 0.3) is 0 Å². The summed E-state index contributed by atoms with van der Waals surface area (Å²) in [7, 11) is -3.44. The molecular weight excluding hydrogens is 650 g/mol. The van der Waals surface area contributed by atoms with Crippen LogP contribution in [-0.4, -0.2) is 80.3 Å². The van der Waals surface area contributed by atoms with Crippen LogP contribution in [0.4, 0.5) is 31.5 Å². The molecule has 0 spiro atoms. The highest BCUT2D eigenvalue weighted by Crippen LogP contribution is 2.31. The van der Waals surface area contributed by atoms with Crippen LogP contribution in [0.1, 0.15) is 39.3 Å². The zero-order valence-electron chi connectivity index (χ0n) is 23.8. The minimum Gasteiger partial charge on any atom is -0.394 e. The number of hydrogen-bond acceptors (Lipinski definition) is 9. The number of halogens is 6. The minimum atomic E-state index is -4.90. The fourth-order valence-electron chi connectivity index (χ4n) is 4.75. The number of carbonyl (C=O) groups is 1. The lowest BCUT2D eigenvalue weighted by Crippen LogP contribution is -2.55. The zero-order chi connectivity index (χ0) is 33.0. The van der Waals surface area contributed by atoms with E-state index in [2.05, 4.69) is 15.0 Å². The van der Waals surface area contributed by atoms with E-state index >= 15 is 0 Å². The molecule has 2 N–H and O–H groups in total. The van der Waals surface area contributed by atoms with Gasteiger partial charge in [-0.15, -0.1) is 13.2 Å². The predicted molar refractivity (Wildman–Crippen MR) is 153 cm³/mol. The standard InChI is InChI=1S/C28H30F6N4O5S2/c1-2-45(41,42)22-9-5-19(6-10-22)23(16-39)36-25(40)24-13-35-26(44-24)38-12-11-37(15-21(38)17-43-28(32,33)34)14-18-3-7-20(8-4-18)27(29,30)31/h3-10,13,21,23,39H,2,11-12,14-17H2,1H3,(H,36,40)/t21-,23-/m0/s1. The van der Waals surface area contributed by atoms with Crippen molar-refractivity contribution >= 4 is 32.2 Å². The molecule has 0 radical (unpaired) electrons. The van der Waals surface area contributed by atoms with Crippen molar-refractivity contribution in [2.75, 3.05) is 43.5 Å². The Morgan fingerprint density at radius 1 is 1.09 bits per heavy atom. The first-order chi connectivity index (χ1) is 21.1. The molecule has 1 fully saturated rings. The van der Waals surface area contributed by atoms with Crippen LogP contribution in [-0.2, 0) is 27.3 Å². The molecule has 0 saturated carbocycles. The van der Waals surface area contributed by atoms with E-state index in [1.54, 1.807) is 9.80 Å². The number of thiazole rings is 1. The van der Waals surface area contributed by atoms with Gasteiger partial charge >= 0.3 is 12.5 Å². The van der Waals surface area contributed by atoms with Gasteiger partial charge in [0.2, 0.25) is 0 Å². The molecule has 2 heterocycles. The first kappa shape index (κ1) is 34.6. The van der Waals surface area contributed by atoms with Crippen LogP contribution < -0.4 is 10.2 Å². The lowest BCUT2D eigenvalue weighted by Gasteiger charge is -2.41. The third-order valence-corrected chi connectivity index (χ3v) is 9.95. The van der Waals surface area contributed by atoms with Gasteiger partial charge in [0.05, 0.1) is 47.7 Å². The number of aromatic nitrogens is 1. The highest BCUT2D eigenvalue weighted by atomic mass is 32.2. The molecular formula is C28H30F6N4O5S2. The van der Waals surface area contributed by atoms with Crippen molar-refractivity contribution in [3.8, 4) is 0 Å². The van der Waals surface area contributed by atoms with Crippen molar-refractivity contribution in [1.29, 1.82) is 0 Å². The largest absolute Gasteiger partial charge is 0.522 e. The van der Waals surface area contributed by atoms with E-state index in [4.69, 9.17) is 0 Å². The molecule has 1 saturated heterocycles. The number of sulfone groups is 1. The van der Waals surface area contributed by atoms with E-state index in [1.807, 2.05) is 0 Å². The minimum absolute atomic E-state index is 0.0779. The summed E-state index contributed by atoms with van der Waals surface area (Å²) >= 11 is 0.930. The maximum absolute atomic E-state index is 13.0. The number of piperazine rings is 1. The predicted octanol–water partition coefficient (Wildman–Crippen LogP) is 4.65. The summed E-state index contributed by atoms with van der Waals surface area (Å²) in [5.74, 6) is -0.690. The summed E-state index contributed by atoms with van der Waals surface area (Å²) in [6.45, 7) is 1.11. The number of nitrogens with one attached hydrogen (secondary N) is 1. The van der Waals surface area contributed by atoms with Crippen molar-refractivity contribution in [1.82, 2.24) is 15.2 Å². The molecule has 0 unspecified atom stereocenters. The molecule has 17 heteroatoms. The fourth-order valence-corrected chi connectivity index (χ4v) is 6.55. The fraction of sp³-hybridized carbons (Fsp3) is 0.429. The van der Waals surface area contributed by atoms with Gasteiger partial charge in [-0.25, -0.2) is 13.4 Å². The second kappa shape index (κ2) is 14.0. The number of rotatable bonds is 11. The molecule has 0 aliphatic carbocycles. The molecule has 2 atom stereocenters. The van der Waals surface area contributed by atoms with Crippen molar-refractivity contribution < 1.29 is 49.4 Å². The smallest absolute Gasteiger partial charge is 0.394 e. The van der Waals surface area contributed by atoms with E-state index in [0.29, 0.717) is 17.7 Å². The van der Waals surface area contributed by atoms with Gasteiger partial charge in [-0.1, -0.05) is 42.5 Å². The number of alkyl halides is 6. The van der Waals surface area contributed by atoms with E-state index in [0.717, 1.165) is 23.5 Å². The number of hydrogen-bond donors (Lipinski definition) is 2. The Morgan fingerprint density at radius 3 is 2.33 bits per heavy atom. The molecule has 9 nitrogen and oxygen atoms in total. The van der Waals surface area contributed by atoms with Crippen LogP contribution in [0.3, 0.4) is 0 Å². The summed E-state index contributed by atoms with van der Waals surface area (Å²) in [5.41, 5.74) is 0.209. The van der Waals surface area contributed by atoms with Crippen molar-refractivity contribution in [2.24, 2.45) is 0 Å². The van der Waals surface area contributed by atoms with Crippen LogP contribution in [0.2, 0.25) is 0 Å². The van der Waals surface area contributed by atoms with Gasteiger partial charge < -0.3 is 15.3 Å². The second-order valence-electron chi connectivity index (χ2n) is 10.2. The molecule has 1 aliphatic heterocycles. The molecule has 45 heavy (non-hydrogen) atoms.